The first-order chi connectivity index (χ1) is 11.5. The summed E-state index contributed by atoms with van der Waals surface area (Å²) >= 11 is 1.43. The minimum atomic E-state index is -0.723. The number of nitrogens with one attached hydrogen (secondary N) is 3. The van der Waals surface area contributed by atoms with Gasteiger partial charge >= 0.3 is 0 Å². The zero-order chi connectivity index (χ0) is 17.3. The summed E-state index contributed by atoms with van der Waals surface area (Å²) in [4.78, 5) is 48.4. The number of thiophene rings is 1. The maximum atomic E-state index is 12.8. The topological polar surface area (TPSA) is 104 Å². The Morgan fingerprint density at radius 1 is 1.17 bits per heavy atom. The highest BCUT2D eigenvalue weighted by molar-refractivity contribution is 7.17. The number of hydrogen-bond donors (Lipinski definition) is 3. The van der Waals surface area contributed by atoms with E-state index < -0.39 is 11.9 Å². The monoisotopic (exact) mass is 349 g/mol. The lowest BCUT2D eigenvalue weighted by Crippen LogP contribution is -2.52. The lowest BCUT2D eigenvalue weighted by molar-refractivity contribution is -0.134. The molecule has 2 aliphatic rings. The fourth-order valence-electron chi connectivity index (χ4n) is 3.12. The molecule has 3 rings (SSSR count). The van der Waals surface area contributed by atoms with Crippen LogP contribution in [0.1, 0.15) is 53.4 Å². The van der Waals surface area contributed by atoms with E-state index in [0.29, 0.717) is 10.6 Å². The largest absolute Gasteiger partial charge is 0.340 e. The van der Waals surface area contributed by atoms with Crippen molar-refractivity contribution in [3.8, 4) is 0 Å². The molecule has 7 nitrogen and oxygen atoms in total. The van der Waals surface area contributed by atoms with Crippen LogP contribution < -0.4 is 16.0 Å². The molecule has 1 aromatic rings. The van der Waals surface area contributed by atoms with Crippen LogP contribution in [0.25, 0.3) is 0 Å². The molecule has 0 spiro atoms. The summed E-state index contributed by atoms with van der Waals surface area (Å²) in [5.74, 6) is -1.40. The summed E-state index contributed by atoms with van der Waals surface area (Å²) < 4.78 is 0. The van der Waals surface area contributed by atoms with Gasteiger partial charge in [-0.1, -0.05) is 0 Å². The molecule has 1 aliphatic heterocycles. The number of aryl methyl sites for hydroxylation is 1. The second kappa shape index (κ2) is 6.72. The Hall–Kier alpha value is -2.22. The first-order valence-corrected chi connectivity index (χ1v) is 8.84. The molecule has 3 N–H and O–H groups in total. The van der Waals surface area contributed by atoms with Crippen LogP contribution in [-0.2, 0) is 27.2 Å². The Morgan fingerprint density at radius 3 is 2.62 bits per heavy atom. The van der Waals surface area contributed by atoms with Gasteiger partial charge in [0.05, 0.1) is 5.56 Å². The Balaban J connectivity index is 1.85. The van der Waals surface area contributed by atoms with Gasteiger partial charge in [-0.2, -0.15) is 0 Å². The highest BCUT2D eigenvalue weighted by Crippen LogP contribution is 2.38. The number of hydrogen-bond acceptors (Lipinski definition) is 5. The molecule has 0 bridgehead atoms. The third-order valence-corrected chi connectivity index (χ3v) is 5.44. The number of rotatable bonds is 3. The van der Waals surface area contributed by atoms with Crippen molar-refractivity contribution in [3.63, 3.8) is 0 Å². The molecule has 0 aromatic carbocycles. The van der Waals surface area contributed by atoms with Crippen LogP contribution >= 0.6 is 11.3 Å². The molecule has 0 radical (unpaired) electrons. The molecule has 1 saturated heterocycles. The number of piperidine rings is 1. The number of carbonyl (C=O) groups excluding carboxylic acids is 4. The third-order valence-electron chi connectivity index (χ3n) is 4.23. The first-order valence-electron chi connectivity index (χ1n) is 8.02. The van der Waals surface area contributed by atoms with Crippen LogP contribution in [0.15, 0.2) is 0 Å². The van der Waals surface area contributed by atoms with E-state index in [1.54, 1.807) is 0 Å². The molecule has 1 unspecified atom stereocenters. The fraction of sp³-hybridized carbons (Fsp3) is 0.500. The van der Waals surface area contributed by atoms with Crippen molar-refractivity contribution in [1.29, 1.82) is 0 Å². The summed E-state index contributed by atoms with van der Waals surface area (Å²) in [7, 11) is 0. The molecule has 24 heavy (non-hydrogen) atoms. The molecule has 1 atom stereocenters. The quantitative estimate of drug-likeness (QED) is 0.711. The number of anilines is 1. The summed E-state index contributed by atoms with van der Waals surface area (Å²) in [5.41, 5.74) is 1.44. The van der Waals surface area contributed by atoms with E-state index in [0.717, 1.165) is 36.1 Å². The minimum Gasteiger partial charge on any atom is -0.340 e. The van der Waals surface area contributed by atoms with Gasteiger partial charge in [-0.25, -0.2) is 0 Å². The van der Waals surface area contributed by atoms with Crippen LogP contribution in [0.3, 0.4) is 0 Å². The second-order valence-corrected chi connectivity index (χ2v) is 7.18. The molecule has 128 valence electrons. The summed E-state index contributed by atoms with van der Waals surface area (Å²) in [6.07, 6.45) is 4.26. The molecule has 8 heteroatoms. The van der Waals surface area contributed by atoms with Crippen molar-refractivity contribution in [3.05, 3.63) is 16.0 Å². The molecule has 0 saturated carbocycles. The van der Waals surface area contributed by atoms with Crippen LogP contribution in [-0.4, -0.2) is 29.7 Å². The molecule has 1 fully saturated rings. The van der Waals surface area contributed by atoms with Gasteiger partial charge in [0.1, 0.15) is 11.0 Å². The Bertz CT molecular complexity index is 725. The zero-order valence-electron chi connectivity index (χ0n) is 13.4. The highest BCUT2D eigenvalue weighted by Gasteiger charge is 2.31. The van der Waals surface area contributed by atoms with Gasteiger partial charge in [-0.15, -0.1) is 11.3 Å². The molecule has 2 heterocycles. The molecule has 1 aromatic heterocycles. The van der Waals surface area contributed by atoms with E-state index >= 15 is 0 Å². The van der Waals surface area contributed by atoms with Crippen molar-refractivity contribution in [2.24, 2.45) is 0 Å². The smallest absolute Gasteiger partial charge is 0.255 e. The van der Waals surface area contributed by atoms with E-state index in [1.807, 2.05) is 0 Å². The van der Waals surface area contributed by atoms with Gasteiger partial charge in [0.2, 0.25) is 17.7 Å². The van der Waals surface area contributed by atoms with Crippen LogP contribution in [0.4, 0.5) is 5.00 Å². The Kier molecular flexibility index (Phi) is 4.66. The van der Waals surface area contributed by atoms with Crippen molar-refractivity contribution in [2.75, 3.05) is 5.32 Å². The van der Waals surface area contributed by atoms with Crippen molar-refractivity contribution in [1.82, 2.24) is 10.6 Å². The Morgan fingerprint density at radius 2 is 1.92 bits per heavy atom. The zero-order valence-corrected chi connectivity index (χ0v) is 14.2. The highest BCUT2D eigenvalue weighted by atomic mass is 32.1. The maximum absolute atomic E-state index is 12.8. The average molecular weight is 349 g/mol. The third kappa shape index (κ3) is 3.33. The number of carbonyl (C=O) groups is 4. The van der Waals surface area contributed by atoms with Gasteiger partial charge in [-0.3, -0.25) is 24.5 Å². The van der Waals surface area contributed by atoms with Crippen LogP contribution in [0, 0.1) is 0 Å². The van der Waals surface area contributed by atoms with E-state index in [-0.39, 0.29) is 30.6 Å². The van der Waals surface area contributed by atoms with E-state index in [9.17, 15) is 19.2 Å². The van der Waals surface area contributed by atoms with Gasteiger partial charge in [0.15, 0.2) is 0 Å². The lowest BCUT2D eigenvalue weighted by atomic mass is 9.95. The lowest BCUT2D eigenvalue weighted by Gasteiger charge is -2.22. The second-order valence-electron chi connectivity index (χ2n) is 6.07. The van der Waals surface area contributed by atoms with Gasteiger partial charge in [0, 0.05) is 18.2 Å². The van der Waals surface area contributed by atoms with Gasteiger partial charge < -0.3 is 10.6 Å². The summed E-state index contributed by atoms with van der Waals surface area (Å²) in [6, 6.07) is -0.723. The fourth-order valence-corrected chi connectivity index (χ4v) is 4.45. The summed E-state index contributed by atoms with van der Waals surface area (Å²) in [5, 5.41) is 8.21. The number of fused-ring (bicyclic) bond motifs is 1. The van der Waals surface area contributed by atoms with Crippen molar-refractivity contribution >= 4 is 40.0 Å². The molecular weight excluding hydrogens is 330 g/mol. The van der Waals surface area contributed by atoms with Gasteiger partial charge in [-0.05, 0) is 37.7 Å². The SMILES string of the molecule is CC(=O)Nc1sc2c(c1C(=O)NC1CCC(=O)NC1=O)CCCC2. The van der Waals surface area contributed by atoms with Crippen molar-refractivity contribution in [2.45, 2.75) is 51.5 Å². The van der Waals surface area contributed by atoms with Crippen LogP contribution in [0.5, 0.6) is 0 Å². The van der Waals surface area contributed by atoms with Gasteiger partial charge in [0.25, 0.3) is 5.91 Å². The predicted octanol–water partition coefficient (Wildman–Crippen LogP) is 1.12. The average Bonchev–Trinajstić information content (AvgIpc) is 2.87. The molecule has 4 amide bonds. The number of amides is 4. The van der Waals surface area contributed by atoms with E-state index in [1.165, 1.54) is 18.3 Å². The molecular formula is C16H19N3O4S. The van der Waals surface area contributed by atoms with E-state index in [4.69, 9.17) is 0 Å². The minimum absolute atomic E-state index is 0.205. The van der Waals surface area contributed by atoms with Crippen molar-refractivity contribution < 1.29 is 19.2 Å². The molecule has 1 aliphatic carbocycles. The normalized spacial score (nSPS) is 20.1. The summed E-state index contributed by atoms with van der Waals surface area (Å²) in [6.45, 7) is 1.40. The van der Waals surface area contributed by atoms with Crippen LogP contribution in [0.2, 0.25) is 0 Å². The first kappa shape index (κ1) is 16.6. The Labute approximate surface area is 143 Å². The van der Waals surface area contributed by atoms with E-state index in [2.05, 4.69) is 16.0 Å². The predicted molar refractivity (Wildman–Crippen MR) is 88.9 cm³/mol. The number of imide groups is 1. The standard InChI is InChI=1S/C16H19N3O4S/c1-8(20)17-16-13(9-4-2-3-5-11(9)24-16)15(23)18-10-6-7-12(21)19-14(10)22/h10H,2-7H2,1H3,(H,17,20)(H,18,23)(H,19,21,22). The maximum Gasteiger partial charge on any atom is 0.255 e.